The molecule has 0 saturated carbocycles. The van der Waals surface area contributed by atoms with Crippen molar-refractivity contribution in [3.8, 4) is 5.75 Å². The minimum atomic E-state index is -1.35. The number of rotatable bonds is 5. The fourth-order valence-corrected chi connectivity index (χ4v) is 3.50. The SMILES string of the molecule is COc1ccccc1/C(C=Cc1ccccc1)=C/[Si](C)(C)C. The first kappa shape index (κ1) is 16.3. The van der Waals surface area contributed by atoms with E-state index in [1.54, 1.807) is 7.11 Å². The first-order valence-electron chi connectivity index (χ1n) is 7.59. The van der Waals surface area contributed by atoms with Crippen LogP contribution in [0.5, 0.6) is 5.75 Å². The van der Waals surface area contributed by atoms with Crippen LogP contribution in [0.4, 0.5) is 0 Å². The van der Waals surface area contributed by atoms with Gasteiger partial charge in [-0.1, -0.05) is 86.0 Å². The zero-order chi connectivity index (χ0) is 16.0. The van der Waals surface area contributed by atoms with Gasteiger partial charge in [-0.15, -0.1) is 0 Å². The van der Waals surface area contributed by atoms with Gasteiger partial charge in [0.25, 0.3) is 0 Å². The quantitative estimate of drug-likeness (QED) is 0.511. The summed E-state index contributed by atoms with van der Waals surface area (Å²) in [6.07, 6.45) is 4.36. The highest BCUT2D eigenvalue weighted by Gasteiger charge is 2.13. The fraction of sp³-hybridized carbons (Fsp3) is 0.200. The highest BCUT2D eigenvalue weighted by atomic mass is 28.3. The summed E-state index contributed by atoms with van der Waals surface area (Å²) in [6, 6.07) is 18.6. The third kappa shape index (κ3) is 4.74. The van der Waals surface area contributed by atoms with Crippen LogP contribution in [0.2, 0.25) is 19.6 Å². The van der Waals surface area contributed by atoms with Crippen molar-refractivity contribution >= 4 is 19.7 Å². The van der Waals surface area contributed by atoms with Crippen LogP contribution in [0, 0.1) is 0 Å². The Morgan fingerprint density at radius 3 is 2.18 bits per heavy atom. The maximum Gasteiger partial charge on any atom is 0.126 e. The van der Waals surface area contributed by atoms with Crippen molar-refractivity contribution in [3.05, 3.63) is 77.5 Å². The van der Waals surface area contributed by atoms with Gasteiger partial charge >= 0.3 is 0 Å². The van der Waals surface area contributed by atoms with Crippen molar-refractivity contribution < 1.29 is 4.74 Å². The molecule has 0 aromatic heterocycles. The van der Waals surface area contributed by atoms with Crippen LogP contribution in [0.3, 0.4) is 0 Å². The standard InChI is InChI=1S/C20H24OSi/c1-21-20-13-9-8-12-19(20)18(16-22(2,3)4)15-14-17-10-6-5-7-11-17/h5-16H,1-4H3/b15-14?,18-16+. The van der Waals surface area contributed by atoms with Gasteiger partial charge in [-0.3, -0.25) is 0 Å². The van der Waals surface area contributed by atoms with Crippen molar-refractivity contribution in [3.63, 3.8) is 0 Å². The summed E-state index contributed by atoms with van der Waals surface area (Å²) in [5, 5.41) is 0. The lowest BCUT2D eigenvalue weighted by atomic mass is 10.0. The van der Waals surface area contributed by atoms with Crippen LogP contribution in [0.1, 0.15) is 11.1 Å². The van der Waals surface area contributed by atoms with E-state index in [1.807, 2.05) is 18.2 Å². The molecule has 0 bridgehead atoms. The van der Waals surface area contributed by atoms with Crippen molar-refractivity contribution in [2.24, 2.45) is 0 Å². The highest BCUT2D eigenvalue weighted by molar-refractivity contribution is 6.81. The van der Waals surface area contributed by atoms with E-state index in [0.29, 0.717) is 0 Å². The molecule has 0 N–H and O–H groups in total. The van der Waals surface area contributed by atoms with Gasteiger partial charge in [0.15, 0.2) is 0 Å². The lowest BCUT2D eigenvalue weighted by Gasteiger charge is -2.15. The minimum absolute atomic E-state index is 0.921. The topological polar surface area (TPSA) is 9.23 Å². The van der Waals surface area contributed by atoms with Gasteiger partial charge in [0.2, 0.25) is 0 Å². The van der Waals surface area contributed by atoms with Gasteiger partial charge in [-0.25, -0.2) is 0 Å². The first-order chi connectivity index (χ1) is 10.5. The van der Waals surface area contributed by atoms with E-state index in [9.17, 15) is 0 Å². The Balaban J connectivity index is 2.44. The maximum atomic E-state index is 5.53. The third-order valence-electron chi connectivity index (χ3n) is 3.26. The number of methoxy groups -OCH3 is 1. The highest BCUT2D eigenvalue weighted by Crippen LogP contribution is 2.28. The van der Waals surface area contributed by atoms with Crippen LogP contribution < -0.4 is 4.74 Å². The largest absolute Gasteiger partial charge is 0.496 e. The number of hydrogen-bond acceptors (Lipinski definition) is 1. The Hall–Kier alpha value is -2.06. The Morgan fingerprint density at radius 2 is 1.55 bits per heavy atom. The van der Waals surface area contributed by atoms with Gasteiger partial charge in [-0.05, 0) is 17.2 Å². The van der Waals surface area contributed by atoms with Gasteiger partial charge < -0.3 is 4.74 Å². The van der Waals surface area contributed by atoms with Crippen molar-refractivity contribution in [2.75, 3.05) is 7.11 Å². The molecule has 2 aromatic carbocycles. The molecule has 22 heavy (non-hydrogen) atoms. The number of para-hydroxylation sites is 1. The lowest BCUT2D eigenvalue weighted by molar-refractivity contribution is 0.413. The third-order valence-corrected chi connectivity index (χ3v) is 4.44. The molecular weight excluding hydrogens is 284 g/mol. The number of hydrogen-bond donors (Lipinski definition) is 0. The van der Waals surface area contributed by atoms with Gasteiger partial charge in [0, 0.05) is 5.56 Å². The number of ether oxygens (including phenoxy) is 1. The molecule has 0 unspecified atom stereocenters. The molecule has 0 saturated heterocycles. The summed E-state index contributed by atoms with van der Waals surface area (Å²) in [6.45, 7) is 7.04. The lowest BCUT2D eigenvalue weighted by Crippen LogP contribution is -2.16. The molecule has 0 atom stereocenters. The van der Waals surface area contributed by atoms with E-state index in [1.165, 1.54) is 11.1 Å². The van der Waals surface area contributed by atoms with Crippen LogP contribution in [0.15, 0.2) is 66.4 Å². The summed E-state index contributed by atoms with van der Waals surface area (Å²) in [5.41, 5.74) is 6.02. The maximum absolute atomic E-state index is 5.53. The Labute approximate surface area is 135 Å². The molecule has 0 spiro atoms. The molecule has 0 amide bonds. The van der Waals surface area contributed by atoms with E-state index < -0.39 is 8.07 Å². The molecule has 114 valence electrons. The second-order valence-electron chi connectivity index (χ2n) is 6.41. The molecular formula is C20H24OSi. The monoisotopic (exact) mass is 308 g/mol. The summed E-state index contributed by atoms with van der Waals surface area (Å²) in [5.74, 6) is 0.921. The normalized spacial score (nSPS) is 12.6. The Kier molecular flexibility index (Phi) is 5.39. The molecule has 1 nitrogen and oxygen atoms in total. The number of allylic oxidation sites excluding steroid dienone is 2. The average Bonchev–Trinajstić information content (AvgIpc) is 2.51. The molecule has 0 heterocycles. The smallest absolute Gasteiger partial charge is 0.126 e. The van der Waals surface area contributed by atoms with Crippen molar-refractivity contribution in [2.45, 2.75) is 19.6 Å². The van der Waals surface area contributed by atoms with Crippen LogP contribution >= 0.6 is 0 Å². The van der Waals surface area contributed by atoms with Crippen LogP contribution in [-0.2, 0) is 0 Å². The molecule has 2 heteroatoms. The zero-order valence-corrected chi connectivity index (χ0v) is 14.8. The fourth-order valence-electron chi connectivity index (χ4n) is 2.32. The van der Waals surface area contributed by atoms with Gasteiger partial charge in [0.05, 0.1) is 15.2 Å². The summed E-state index contributed by atoms with van der Waals surface area (Å²) in [7, 11) is 0.382. The van der Waals surface area contributed by atoms with E-state index in [0.717, 1.165) is 11.3 Å². The second kappa shape index (κ2) is 7.28. The zero-order valence-electron chi connectivity index (χ0n) is 13.8. The summed E-state index contributed by atoms with van der Waals surface area (Å²) >= 11 is 0. The van der Waals surface area contributed by atoms with Crippen LogP contribution in [-0.4, -0.2) is 15.2 Å². The van der Waals surface area contributed by atoms with Gasteiger partial charge in [0.1, 0.15) is 5.75 Å². The predicted octanol–water partition coefficient (Wildman–Crippen LogP) is 5.67. The average molecular weight is 308 g/mol. The van der Waals surface area contributed by atoms with E-state index in [4.69, 9.17) is 4.74 Å². The first-order valence-corrected chi connectivity index (χ1v) is 11.2. The van der Waals surface area contributed by atoms with E-state index >= 15 is 0 Å². The summed E-state index contributed by atoms with van der Waals surface area (Å²) in [4.78, 5) is 0. The van der Waals surface area contributed by atoms with Gasteiger partial charge in [-0.2, -0.15) is 0 Å². The molecule has 2 rings (SSSR count). The molecule has 0 fully saturated rings. The van der Waals surface area contributed by atoms with E-state index in [-0.39, 0.29) is 0 Å². The van der Waals surface area contributed by atoms with E-state index in [2.05, 4.69) is 73.9 Å². The molecule has 0 aliphatic carbocycles. The summed E-state index contributed by atoms with van der Waals surface area (Å²) < 4.78 is 5.53. The van der Waals surface area contributed by atoms with Crippen molar-refractivity contribution in [1.82, 2.24) is 0 Å². The van der Waals surface area contributed by atoms with Crippen LogP contribution in [0.25, 0.3) is 11.6 Å². The molecule has 0 radical (unpaired) electrons. The molecule has 0 aliphatic heterocycles. The molecule has 2 aromatic rings. The molecule has 0 aliphatic rings. The predicted molar refractivity (Wildman–Crippen MR) is 99.8 cm³/mol. The Bertz CT molecular complexity index is 664. The number of benzene rings is 2. The second-order valence-corrected chi connectivity index (χ2v) is 11.4. The van der Waals surface area contributed by atoms with Crippen molar-refractivity contribution in [1.29, 1.82) is 0 Å². The Morgan fingerprint density at radius 1 is 0.909 bits per heavy atom. The minimum Gasteiger partial charge on any atom is -0.496 e.